The van der Waals surface area contributed by atoms with E-state index in [9.17, 15) is 14.3 Å². The third-order valence-electron chi connectivity index (χ3n) is 5.95. The topological polar surface area (TPSA) is 59.9 Å². The van der Waals surface area contributed by atoms with E-state index in [-0.39, 0.29) is 17.1 Å². The number of carbonyl (C=O) groups is 1. The molecule has 33 heavy (non-hydrogen) atoms. The maximum Gasteiger partial charge on any atom is 0.246 e. The number of amides is 1. The highest BCUT2D eigenvalue weighted by molar-refractivity contribution is 5.87. The highest BCUT2D eigenvalue weighted by atomic mass is 19.1. The van der Waals surface area contributed by atoms with Gasteiger partial charge in [0, 0.05) is 49.5 Å². The Hall–Kier alpha value is -3.19. The number of aliphatic hydroxyl groups excluding tert-OH is 1. The highest BCUT2D eigenvalue weighted by Gasteiger charge is 2.33. The first-order valence-corrected chi connectivity index (χ1v) is 11.3. The number of nitrogens with zero attached hydrogens (tertiary/aromatic N) is 4. The number of halogens is 1. The van der Waals surface area contributed by atoms with Crippen LogP contribution in [0.5, 0.6) is 0 Å². The van der Waals surface area contributed by atoms with E-state index in [1.54, 1.807) is 23.1 Å². The number of hydrogen-bond acceptors (Lipinski definition) is 5. The summed E-state index contributed by atoms with van der Waals surface area (Å²) >= 11 is 0. The summed E-state index contributed by atoms with van der Waals surface area (Å²) in [5, 5.41) is 11.1. The quantitative estimate of drug-likeness (QED) is 0.719. The van der Waals surface area contributed by atoms with Crippen molar-refractivity contribution in [2.75, 3.05) is 37.6 Å². The predicted molar refractivity (Wildman–Crippen MR) is 129 cm³/mol. The van der Waals surface area contributed by atoms with Crippen molar-refractivity contribution in [1.29, 1.82) is 0 Å². The van der Waals surface area contributed by atoms with Gasteiger partial charge in [0.05, 0.1) is 5.69 Å². The molecule has 1 aromatic heterocycles. The van der Waals surface area contributed by atoms with Crippen molar-refractivity contribution in [1.82, 2.24) is 14.8 Å². The summed E-state index contributed by atoms with van der Waals surface area (Å²) < 4.78 is 14.5. The van der Waals surface area contributed by atoms with Gasteiger partial charge in [-0.2, -0.15) is 0 Å². The summed E-state index contributed by atoms with van der Waals surface area (Å²) in [5.41, 5.74) is 2.66. The van der Waals surface area contributed by atoms with Crippen LogP contribution in [0, 0.1) is 11.2 Å². The molecule has 4 rings (SSSR count). The second kappa shape index (κ2) is 8.98. The van der Waals surface area contributed by atoms with Gasteiger partial charge in [0.15, 0.2) is 0 Å². The minimum absolute atomic E-state index is 0.0692. The number of aromatic nitrogens is 1. The molecule has 1 unspecified atom stereocenters. The first kappa shape index (κ1) is 23.0. The van der Waals surface area contributed by atoms with Gasteiger partial charge in [-0.15, -0.1) is 0 Å². The SMILES string of the molecule is C=CC(=O)N1CCN(C2=CC(O)N(CC(C)(C)C)c3nc(-c4ccccc4F)ccc32)CC1. The van der Waals surface area contributed by atoms with Crippen molar-refractivity contribution in [3.8, 4) is 11.3 Å². The summed E-state index contributed by atoms with van der Waals surface area (Å²) in [4.78, 5) is 22.6. The van der Waals surface area contributed by atoms with Crippen molar-refractivity contribution < 1.29 is 14.3 Å². The minimum atomic E-state index is -0.858. The molecule has 1 saturated heterocycles. The van der Waals surface area contributed by atoms with Crippen LogP contribution in [0.15, 0.2) is 55.1 Å². The van der Waals surface area contributed by atoms with Crippen molar-refractivity contribution in [3.63, 3.8) is 0 Å². The number of benzene rings is 1. The maximum atomic E-state index is 14.5. The fraction of sp³-hybridized carbons (Fsp3) is 0.385. The van der Waals surface area contributed by atoms with Crippen LogP contribution in [-0.4, -0.2) is 64.7 Å². The third-order valence-corrected chi connectivity index (χ3v) is 5.95. The molecular weight excluding hydrogens is 419 g/mol. The van der Waals surface area contributed by atoms with Crippen LogP contribution in [-0.2, 0) is 4.79 Å². The Balaban J connectivity index is 1.72. The second-order valence-electron chi connectivity index (χ2n) is 9.72. The number of rotatable bonds is 4. The molecule has 6 nitrogen and oxygen atoms in total. The van der Waals surface area contributed by atoms with Gasteiger partial charge in [0.25, 0.3) is 0 Å². The molecule has 3 heterocycles. The van der Waals surface area contributed by atoms with E-state index in [0.717, 1.165) is 11.3 Å². The Bertz CT molecular complexity index is 1080. The Labute approximate surface area is 194 Å². The normalized spacial score (nSPS) is 18.6. The third kappa shape index (κ3) is 4.78. The van der Waals surface area contributed by atoms with Crippen molar-refractivity contribution >= 4 is 17.4 Å². The largest absolute Gasteiger partial charge is 0.370 e. The van der Waals surface area contributed by atoms with Gasteiger partial charge in [-0.25, -0.2) is 9.37 Å². The molecule has 2 aromatic rings. The smallest absolute Gasteiger partial charge is 0.246 e. The number of anilines is 1. The van der Waals surface area contributed by atoms with E-state index in [2.05, 4.69) is 32.3 Å². The molecule has 1 amide bonds. The molecule has 0 bridgehead atoms. The fourth-order valence-corrected chi connectivity index (χ4v) is 4.38. The molecule has 0 spiro atoms. The summed E-state index contributed by atoms with van der Waals surface area (Å²) in [6, 6.07) is 10.4. The van der Waals surface area contributed by atoms with Crippen LogP contribution in [0.1, 0.15) is 26.3 Å². The fourth-order valence-electron chi connectivity index (χ4n) is 4.38. The summed E-state index contributed by atoms with van der Waals surface area (Å²) in [6.45, 7) is 12.9. The zero-order valence-electron chi connectivity index (χ0n) is 19.5. The van der Waals surface area contributed by atoms with Gasteiger partial charge in [0.2, 0.25) is 5.91 Å². The first-order valence-electron chi connectivity index (χ1n) is 11.3. The second-order valence-corrected chi connectivity index (χ2v) is 9.72. The van der Waals surface area contributed by atoms with E-state index in [0.29, 0.717) is 49.8 Å². The number of hydrogen-bond donors (Lipinski definition) is 1. The van der Waals surface area contributed by atoms with Gasteiger partial charge in [0.1, 0.15) is 17.9 Å². The molecule has 1 aromatic carbocycles. The van der Waals surface area contributed by atoms with E-state index < -0.39 is 6.23 Å². The molecule has 1 atom stereocenters. The van der Waals surface area contributed by atoms with Crippen molar-refractivity contribution in [2.45, 2.75) is 27.0 Å². The molecule has 0 saturated carbocycles. The molecule has 2 aliphatic heterocycles. The summed E-state index contributed by atoms with van der Waals surface area (Å²) in [5.74, 6) is 0.239. The number of aliphatic hydroxyl groups is 1. The summed E-state index contributed by atoms with van der Waals surface area (Å²) in [6.07, 6.45) is 2.33. The number of pyridine rings is 1. The highest BCUT2D eigenvalue weighted by Crippen LogP contribution is 2.38. The lowest BCUT2D eigenvalue weighted by Crippen LogP contribution is -2.49. The molecule has 1 fully saturated rings. The van der Waals surface area contributed by atoms with Gasteiger partial charge < -0.3 is 19.8 Å². The zero-order valence-corrected chi connectivity index (χ0v) is 19.5. The van der Waals surface area contributed by atoms with Crippen molar-refractivity contribution in [2.24, 2.45) is 5.41 Å². The lowest BCUT2D eigenvalue weighted by Gasteiger charge is -2.42. The Morgan fingerprint density at radius 1 is 1.15 bits per heavy atom. The minimum Gasteiger partial charge on any atom is -0.370 e. The number of piperazine rings is 1. The monoisotopic (exact) mass is 450 g/mol. The Morgan fingerprint density at radius 3 is 2.48 bits per heavy atom. The van der Waals surface area contributed by atoms with Gasteiger partial charge in [-0.1, -0.05) is 39.5 Å². The molecule has 7 heteroatoms. The first-order chi connectivity index (χ1) is 15.7. The lowest BCUT2D eigenvalue weighted by molar-refractivity contribution is -0.127. The standard InChI is InChI=1S/C26H31FN4O2/c1-5-23(32)30-14-12-29(13-15-30)22-16-24(33)31(17-26(2,3)4)25-19(22)10-11-21(28-25)18-8-6-7-9-20(18)27/h5-11,16,24,33H,1,12-15,17H2,2-4H3. The number of carbonyl (C=O) groups excluding carboxylic acids is 1. The van der Waals surface area contributed by atoms with E-state index in [4.69, 9.17) is 4.98 Å². The summed E-state index contributed by atoms with van der Waals surface area (Å²) in [7, 11) is 0. The average molecular weight is 451 g/mol. The van der Waals surface area contributed by atoms with E-state index in [1.165, 1.54) is 12.1 Å². The van der Waals surface area contributed by atoms with Crippen LogP contribution < -0.4 is 4.90 Å². The van der Waals surface area contributed by atoms with Crippen LogP contribution >= 0.6 is 0 Å². The molecule has 1 N–H and O–H groups in total. The van der Waals surface area contributed by atoms with Gasteiger partial charge in [-0.3, -0.25) is 4.79 Å². The predicted octanol–water partition coefficient (Wildman–Crippen LogP) is 3.74. The van der Waals surface area contributed by atoms with Crippen LogP contribution in [0.3, 0.4) is 0 Å². The lowest BCUT2D eigenvalue weighted by atomic mass is 9.94. The van der Waals surface area contributed by atoms with E-state index in [1.807, 2.05) is 23.1 Å². The molecule has 0 radical (unpaired) electrons. The van der Waals surface area contributed by atoms with Crippen LogP contribution in [0.4, 0.5) is 10.2 Å². The van der Waals surface area contributed by atoms with Gasteiger partial charge in [-0.05, 0) is 41.8 Å². The van der Waals surface area contributed by atoms with Gasteiger partial charge >= 0.3 is 0 Å². The van der Waals surface area contributed by atoms with E-state index >= 15 is 0 Å². The van der Waals surface area contributed by atoms with Crippen LogP contribution in [0.25, 0.3) is 17.0 Å². The zero-order chi connectivity index (χ0) is 23.8. The maximum absolute atomic E-state index is 14.5. The number of fused-ring (bicyclic) bond motifs is 1. The average Bonchev–Trinajstić information content (AvgIpc) is 2.79. The molecule has 0 aliphatic carbocycles. The molecule has 174 valence electrons. The molecular formula is C26H31FN4O2. The molecule has 2 aliphatic rings. The Kier molecular flexibility index (Phi) is 6.26. The van der Waals surface area contributed by atoms with Crippen LogP contribution in [0.2, 0.25) is 0 Å². The van der Waals surface area contributed by atoms with Crippen molar-refractivity contribution in [3.05, 3.63) is 66.5 Å². The Morgan fingerprint density at radius 2 is 1.85 bits per heavy atom.